The van der Waals surface area contributed by atoms with Crippen LogP contribution in [0.2, 0.25) is 0 Å². The maximum atomic E-state index is 13.6. The molecule has 1 aliphatic carbocycles. The number of phenols is 1. The predicted octanol–water partition coefficient (Wildman–Crippen LogP) is 3.07. The summed E-state index contributed by atoms with van der Waals surface area (Å²) in [5.74, 6) is -1.33. The molecule has 2 aliphatic rings. The van der Waals surface area contributed by atoms with Crippen molar-refractivity contribution in [1.82, 2.24) is 15.1 Å². The predicted molar refractivity (Wildman–Crippen MR) is 156 cm³/mol. The number of carbonyl (C=O) groups excluding carboxylic acids is 4. The number of fused-ring (bicyclic) bond motifs is 2. The van der Waals surface area contributed by atoms with Gasteiger partial charge in [-0.2, -0.15) is 0 Å². The van der Waals surface area contributed by atoms with Crippen LogP contribution in [-0.2, 0) is 9.53 Å². The van der Waals surface area contributed by atoms with Gasteiger partial charge in [-0.25, -0.2) is 4.79 Å². The number of hydrogen-bond acceptors (Lipinski definition) is 9. The number of likely N-dealkylation sites (N-methyl/N-ethyl adjacent to an activating group) is 1. The Morgan fingerprint density at radius 2 is 1.68 bits per heavy atom. The molecule has 220 valence electrons. The zero-order valence-corrected chi connectivity index (χ0v) is 24.3. The SMILES string of the molecule is CN(C)CCNc1ccc(O)c2c1C(=O)c1cccc(NCCNC(=O)C3CCCN3C(=O)OC(C)(C)C)c1C2=O. The van der Waals surface area contributed by atoms with E-state index in [9.17, 15) is 24.3 Å². The van der Waals surface area contributed by atoms with Gasteiger partial charge in [0, 0.05) is 49.7 Å². The molecule has 0 bridgehead atoms. The highest BCUT2D eigenvalue weighted by Crippen LogP contribution is 2.39. The molecular formula is C30H39N5O6. The van der Waals surface area contributed by atoms with Crippen LogP contribution in [0.15, 0.2) is 30.3 Å². The highest BCUT2D eigenvalue weighted by atomic mass is 16.6. The molecule has 0 radical (unpaired) electrons. The lowest BCUT2D eigenvalue weighted by Gasteiger charge is -2.28. The van der Waals surface area contributed by atoms with Crippen molar-refractivity contribution >= 4 is 34.9 Å². The Labute approximate surface area is 240 Å². The van der Waals surface area contributed by atoms with E-state index in [2.05, 4.69) is 16.0 Å². The third-order valence-electron chi connectivity index (χ3n) is 6.97. The van der Waals surface area contributed by atoms with Crippen molar-refractivity contribution in [2.24, 2.45) is 0 Å². The molecule has 11 nitrogen and oxygen atoms in total. The summed E-state index contributed by atoms with van der Waals surface area (Å²) in [4.78, 5) is 56.0. The van der Waals surface area contributed by atoms with Crippen LogP contribution in [0.5, 0.6) is 5.75 Å². The molecule has 0 spiro atoms. The maximum Gasteiger partial charge on any atom is 0.410 e. The van der Waals surface area contributed by atoms with Crippen molar-refractivity contribution in [2.75, 3.05) is 57.5 Å². The van der Waals surface area contributed by atoms with E-state index in [4.69, 9.17) is 4.74 Å². The van der Waals surface area contributed by atoms with Crippen LogP contribution in [0.4, 0.5) is 16.2 Å². The molecule has 1 atom stereocenters. The van der Waals surface area contributed by atoms with E-state index in [1.54, 1.807) is 45.0 Å². The molecule has 1 fully saturated rings. The van der Waals surface area contributed by atoms with E-state index < -0.39 is 23.5 Å². The molecule has 11 heteroatoms. The molecule has 4 rings (SSSR count). The summed E-state index contributed by atoms with van der Waals surface area (Å²) in [6.07, 6.45) is 0.756. The van der Waals surface area contributed by atoms with Crippen molar-refractivity contribution in [1.29, 1.82) is 0 Å². The van der Waals surface area contributed by atoms with Crippen LogP contribution >= 0.6 is 0 Å². The first-order chi connectivity index (χ1) is 19.4. The molecule has 41 heavy (non-hydrogen) atoms. The van der Waals surface area contributed by atoms with E-state index in [0.29, 0.717) is 37.3 Å². The van der Waals surface area contributed by atoms with Crippen LogP contribution < -0.4 is 16.0 Å². The van der Waals surface area contributed by atoms with E-state index in [-0.39, 0.29) is 52.8 Å². The van der Waals surface area contributed by atoms with E-state index in [0.717, 1.165) is 6.54 Å². The minimum Gasteiger partial charge on any atom is -0.507 e. The number of phenolic OH excluding ortho intramolecular Hbond substituents is 1. The van der Waals surface area contributed by atoms with Gasteiger partial charge >= 0.3 is 6.09 Å². The van der Waals surface area contributed by atoms with Crippen molar-refractivity contribution in [3.63, 3.8) is 0 Å². The quantitative estimate of drug-likeness (QED) is 0.228. The molecule has 1 unspecified atom stereocenters. The summed E-state index contributed by atoms with van der Waals surface area (Å²) in [7, 11) is 3.87. The van der Waals surface area contributed by atoms with Crippen molar-refractivity contribution in [3.8, 4) is 5.75 Å². The van der Waals surface area contributed by atoms with Gasteiger partial charge in [0.1, 0.15) is 17.4 Å². The second-order valence-electron chi connectivity index (χ2n) is 11.5. The molecule has 1 heterocycles. The van der Waals surface area contributed by atoms with Gasteiger partial charge in [0.15, 0.2) is 11.6 Å². The summed E-state index contributed by atoms with van der Waals surface area (Å²) in [6.45, 7) is 7.58. The Morgan fingerprint density at radius 3 is 2.39 bits per heavy atom. The largest absolute Gasteiger partial charge is 0.507 e. The van der Waals surface area contributed by atoms with Gasteiger partial charge in [-0.1, -0.05) is 12.1 Å². The lowest BCUT2D eigenvalue weighted by atomic mass is 9.81. The molecule has 4 N–H and O–H groups in total. The molecule has 1 aliphatic heterocycles. The van der Waals surface area contributed by atoms with Crippen LogP contribution in [0.3, 0.4) is 0 Å². The lowest BCUT2D eigenvalue weighted by Crippen LogP contribution is -2.48. The number of hydrogen-bond donors (Lipinski definition) is 4. The summed E-state index contributed by atoms with van der Waals surface area (Å²) < 4.78 is 5.44. The van der Waals surface area contributed by atoms with Gasteiger partial charge in [0.25, 0.3) is 0 Å². The van der Waals surface area contributed by atoms with Gasteiger partial charge in [0.2, 0.25) is 5.91 Å². The van der Waals surface area contributed by atoms with E-state index in [1.165, 1.54) is 11.0 Å². The highest BCUT2D eigenvalue weighted by molar-refractivity contribution is 6.32. The summed E-state index contributed by atoms with van der Waals surface area (Å²) in [6, 6.07) is 7.41. The van der Waals surface area contributed by atoms with Crippen LogP contribution in [0.1, 0.15) is 65.5 Å². The zero-order valence-electron chi connectivity index (χ0n) is 24.3. The average Bonchev–Trinajstić information content (AvgIpc) is 3.39. The molecule has 0 aromatic heterocycles. The Balaban J connectivity index is 1.43. The maximum absolute atomic E-state index is 13.6. The normalized spacial score (nSPS) is 16.3. The van der Waals surface area contributed by atoms with Gasteiger partial charge in [-0.15, -0.1) is 0 Å². The number of ether oxygens (including phenoxy) is 1. The Kier molecular flexibility index (Phi) is 8.86. The highest BCUT2D eigenvalue weighted by Gasteiger charge is 2.37. The van der Waals surface area contributed by atoms with Crippen LogP contribution in [-0.4, -0.2) is 96.9 Å². The molecule has 2 aromatic rings. The fourth-order valence-corrected chi connectivity index (χ4v) is 5.09. The molecule has 2 amide bonds. The summed E-state index contributed by atoms with van der Waals surface area (Å²) in [5, 5.41) is 19.8. The topological polar surface area (TPSA) is 140 Å². The monoisotopic (exact) mass is 565 g/mol. The number of amides is 2. The number of carbonyl (C=O) groups is 4. The standard InChI is InChI=1S/C30H39N5O6/c1-30(2,3)41-29(40)35-16-7-10-21(35)28(39)33-14-13-31-19-9-6-8-18-23(19)27(38)25-22(36)12-11-20(24(25)26(18)37)32-15-17-34(4)5/h6,8-9,11-12,21,31-32,36H,7,10,13-17H2,1-5H3,(H,33,39). The fraction of sp³-hybridized carbons (Fsp3) is 0.467. The zero-order chi connectivity index (χ0) is 29.9. The number of benzene rings is 2. The smallest absolute Gasteiger partial charge is 0.410 e. The van der Waals surface area contributed by atoms with Gasteiger partial charge in [-0.05, 0) is 65.9 Å². The number of aromatic hydroxyl groups is 1. The summed E-state index contributed by atoms with van der Waals surface area (Å²) >= 11 is 0. The first-order valence-corrected chi connectivity index (χ1v) is 13.9. The van der Waals surface area contributed by atoms with Crippen LogP contribution in [0.25, 0.3) is 0 Å². The molecule has 0 saturated carbocycles. The number of rotatable bonds is 9. The fourth-order valence-electron chi connectivity index (χ4n) is 5.09. The van der Waals surface area contributed by atoms with Gasteiger partial charge in [0.05, 0.1) is 16.7 Å². The third kappa shape index (κ3) is 6.62. The van der Waals surface area contributed by atoms with Gasteiger partial charge < -0.3 is 30.7 Å². The number of likely N-dealkylation sites (tertiary alicyclic amines) is 1. The average molecular weight is 566 g/mol. The Bertz CT molecular complexity index is 1350. The second-order valence-corrected chi connectivity index (χ2v) is 11.5. The van der Waals surface area contributed by atoms with E-state index >= 15 is 0 Å². The van der Waals surface area contributed by atoms with Crippen LogP contribution in [0, 0.1) is 0 Å². The van der Waals surface area contributed by atoms with E-state index in [1.807, 2.05) is 19.0 Å². The number of ketones is 2. The summed E-state index contributed by atoms with van der Waals surface area (Å²) in [5.41, 5.74) is 0.847. The first kappa shape index (κ1) is 29.9. The molecule has 1 saturated heterocycles. The number of nitrogens with one attached hydrogen (secondary N) is 3. The second kappa shape index (κ2) is 12.2. The van der Waals surface area contributed by atoms with Crippen molar-refractivity contribution in [2.45, 2.75) is 45.3 Å². The number of nitrogens with zero attached hydrogens (tertiary/aromatic N) is 2. The Morgan fingerprint density at radius 1 is 0.976 bits per heavy atom. The number of anilines is 2. The minimum atomic E-state index is -0.653. The Hall–Kier alpha value is -4.12. The third-order valence-corrected chi connectivity index (χ3v) is 6.97. The van der Waals surface area contributed by atoms with Gasteiger partial charge in [-0.3, -0.25) is 19.3 Å². The molecule has 2 aromatic carbocycles. The van der Waals surface area contributed by atoms with Crippen molar-refractivity contribution < 1.29 is 29.0 Å². The van der Waals surface area contributed by atoms with Crippen molar-refractivity contribution in [3.05, 3.63) is 52.6 Å². The first-order valence-electron chi connectivity index (χ1n) is 13.9. The lowest BCUT2D eigenvalue weighted by molar-refractivity contribution is -0.125. The molecular weight excluding hydrogens is 526 g/mol. The minimum absolute atomic E-state index is 0.0247.